The molecule has 2 heteroatoms. The van der Waals surface area contributed by atoms with Gasteiger partial charge in [0, 0.05) is 12.5 Å². The molecule has 0 amide bonds. The van der Waals surface area contributed by atoms with E-state index in [2.05, 4.69) is 12.1 Å². The van der Waals surface area contributed by atoms with E-state index in [4.69, 9.17) is 5.73 Å². The number of rotatable bonds is 4. The Bertz CT molecular complexity index is 493. The number of carbonyl (C=O) groups excluding carboxylic acids is 1. The van der Waals surface area contributed by atoms with Crippen LogP contribution < -0.4 is 5.73 Å². The standard InChI is InChI=1S/C15H15NO/c16-15(9-10-17)14-8-4-7-13(11-14)12-5-2-1-3-6-12/h1-8,10-11,15H,9,16H2. The number of benzene rings is 2. The van der Waals surface area contributed by atoms with Crippen LogP contribution in [-0.2, 0) is 4.79 Å². The number of nitrogens with two attached hydrogens (primary N) is 1. The van der Waals surface area contributed by atoms with Crippen molar-refractivity contribution in [3.8, 4) is 11.1 Å². The lowest BCUT2D eigenvalue weighted by Crippen LogP contribution is -2.10. The maximum atomic E-state index is 10.5. The van der Waals surface area contributed by atoms with Crippen molar-refractivity contribution < 1.29 is 4.79 Å². The molecule has 2 N–H and O–H groups in total. The van der Waals surface area contributed by atoms with Crippen LogP contribution in [0.25, 0.3) is 11.1 Å². The van der Waals surface area contributed by atoms with E-state index >= 15 is 0 Å². The highest BCUT2D eigenvalue weighted by molar-refractivity contribution is 5.64. The summed E-state index contributed by atoms with van der Waals surface area (Å²) in [5, 5.41) is 0. The van der Waals surface area contributed by atoms with Gasteiger partial charge in [-0.1, -0.05) is 48.5 Å². The topological polar surface area (TPSA) is 43.1 Å². The molecule has 2 aromatic carbocycles. The van der Waals surface area contributed by atoms with Gasteiger partial charge in [-0.25, -0.2) is 0 Å². The first-order chi connectivity index (χ1) is 8.31. The molecule has 0 fully saturated rings. The van der Waals surface area contributed by atoms with Crippen LogP contribution in [-0.4, -0.2) is 6.29 Å². The van der Waals surface area contributed by atoms with Crippen molar-refractivity contribution >= 4 is 6.29 Å². The van der Waals surface area contributed by atoms with Crippen molar-refractivity contribution in [1.82, 2.24) is 0 Å². The molecule has 0 aromatic heterocycles. The van der Waals surface area contributed by atoms with Crippen molar-refractivity contribution in [2.45, 2.75) is 12.5 Å². The minimum Gasteiger partial charge on any atom is -0.324 e. The molecule has 0 spiro atoms. The van der Waals surface area contributed by atoms with Gasteiger partial charge in [-0.05, 0) is 22.8 Å². The Kier molecular flexibility index (Phi) is 3.68. The number of carbonyl (C=O) groups is 1. The highest BCUT2D eigenvalue weighted by atomic mass is 16.1. The van der Waals surface area contributed by atoms with E-state index in [9.17, 15) is 4.79 Å². The molecule has 0 saturated heterocycles. The summed E-state index contributed by atoms with van der Waals surface area (Å²) < 4.78 is 0. The van der Waals surface area contributed by atoms with E-state index in [0.717, 1.165) is 23.0 Å². The Morgan fingerprint density at radius 2 is 1.71 bits per heavy atom. The fourth-order valence-electron chi connectivity index (χ4n) is 1.82. The summed E-state index contributed by atoms with van der Waals surface area (Å²) in [6.07, 6.45) is 1.22. The predicted octanol–water partition coefficient (Wildman–Crippen LogP) is 2.94. The van der Waals surface area contributed by atoms with Crippen LogP contribution in [0.4, 0.5) is 0 Å². The lowest BCUT2D eigenvalue weighted by Gasteiger charge is -2.10. The third-order valence-corrected chi connectivity index (χ3v) is 2.77. The highest BCUT2D eigenvalue weighted by Gasteiger charge is 2.06. The maximum absolute atomic E-state index is 10.5. The van der Waals surface area contributed by atoms with Gasteiger partial charge in [-0.3, -0.25) is 0 Å². The molecule has 0 saturated carbocycles. The van der Waals surface area contributed by atoms with Crippen molar-refractivity contribution in [1.29, 1.82) is 0 Å². The van der Waals surface area contributed by atoms with Gasteiger partial charge < -0.3 is 10.5 Å². The van der Waals surface area contributed by atoms with Gasteiger partial charge in [0.15, 0.2) is 0 Å². The Labute approximate surface area is 101 Å². The van der Waals surface area contributed by atoms with Gasteiger partial charge in [-0.15, -0.1) is 0 Å². The maximum Gasteiger partial charge on any atom is 0.121 e. The molecule has 0 bridgehead atoms. The molecule has 86 valence electrons. The second-order valence-corrected chi connectivity index (χ2v) is 4.00. The van der Waals surface area contributed by atoms with Crippen molar-refractivity contribution in [2.24, 2.45) is 5.73 Å². The van der Waals surface area contributed by atoms with E-state index < -0.39 is 0 Å². The van der Waals surface area contributed by atoms with Crippen molar-refractivity contribution in [2.75, 3.05) is 0 Å². The van der Waals surface area contributed by atoms with Crippen molar-refractivity contribution in [3.05, 3.63) is 60.2 Å². The lowest BCUT2D eigenvalue weighted by atomic mass is 9.99. The SMILES string of the molecule is NC(CC=O)c1cccc(-c2ccccc2)c1. The summed E-state index contributed by atoms with van der Waals surface area (Å²) >= 11 is 0. The van der Waals surface area contributed by atoms with Crippen molar-refractivity contribution in [3.63, 3.8) is 0 Å². The molecule has 2 aromatic rings. The Balaban J connectivity index is 2.32. The molecule has 2 rings (SSSR count). The lowest BCUT2D eigenvalue weighted by molar-refractivity contribution is -0.108. The second-order valence-electron chi connectivity index (χ2n) is 4.00. The molecule has 17 heavy (non-hydrogen) atoms. The van der Waals surface area contributed by atoms with Crippen LogP contribution in [0.2, 0.25) is 0 Å². The smallest absolute Gasteiger partial charge is 0.121 e. The summed E-state index contributed by atoms with van der Waals surface area (Å²) in [5.41, 5.74) is 9.21. The number of hydrogen-bond donors (Lipinski definition) is 1. The first-order valence-electron chi connectivity index (χ1n) is 5.66. The molecule has 0 radical (unpaired) electrons. The van der Waals surface area contributed by atoms with E-state index in [-0.39, 0.29) is 6.04 Å². The van der Waals surface area contributed by atoms with E-state index in [0.29, 0.717) is 6.42 Å². The molecule has 2 nitrogen and oxygen atoms in total. The summed E-state index contributed by atoms with van der Waals surface area (Å²) in [6.45, 7) is 0. The van der Waals surface area contributed by atoms with E-state index in [1.165, 1.54) is 0 Å². The Morgan fingerprint density at radius 3 is 2.41 bits per heavy atom. The number of aldehydes is 1. The van der Waals surface area contributed by atoms with Gasteiger partial charge in [0.2, 0.25) is 0 Å². The molecule has 0 aliphatic carbocycles. The average molecular weight is 225 g/mol. The predicted molar refractivity (Wildman–Crippen MR) is 69.5 cm³/mol. The minimum absolute atomic E-state index is 0.212. The van der Waals surface area contributed by atoms with E-state index in [1.807, 2.05) is 42.5 Å². The first-order valence-corrected chi connectivity index (χ1v) is 5.66. The first kappa shape index (κ1) is 11.6. The minimum atomic E-state index is -0.212. The zero-order valence-corrected chi connectivity index (χ0v) is 9.54. The van der Waals surface area contributed by atoms with Crippen LogP contribution in [0.1, 0.15) is 18.0 Å². The van der Waals surface area contributed by atoms with Gasteiger partial charge in [-0.2, -0.15) is 0 Å². The van der Waals surface area contributed by atoms with Crippen LogP contribution in [0.15, 0.2) is 54.6 Å². The molecule has 0 aliphatic heterocycles. The molecule has 1 unspecified atom stereocenters. The summed E-state index contributed by atoms with van der Waals surface area (Å²) in [6, 6.07) is 17.9. The largest absolute Gasteiger partial charge is 0.324 e. The van der Waals surface area contributed by atoms with Crippen LogP contribution >= 0.6 is 0 Å². The molecule has 0 heterocycles. The summed E-state index contributed by atoms with van der Waals surface area (Å²) in [7, 11) is 0. The van der Waals surface area contributed by atoms with Crippen LogP contribution in [0, 0.1) is 0 Å². The van der Waals surface area contributed by atoms with Gasteiger partial charge >= 0.3 is 0 Å². The third-order valence-electron chi connectivity index (χ3n) is 2.77. The summed E-state index contributed by atoms with van der Waals surface area (Å²) in [4.78, 5) is 10.5. The highest BCUT2D eigenvalue weighted by Crippen LogP contribution is 2.23. The molecule has 1 atom stereocenters. The third kappa shape index (κ3) is 2.80. The monoisotopic (exact) mass is 225 g/mol. The second kappa shape index (κ2) is 5.41. The normalized spacial score (nSPS) is 12.1. The van der Waals surface area contributed by atoms with Crippen LogP contribution in [0.5, 0.6) is 0 Å². The van der Waals surface area contributed by atoms with Gasteiger partial charge in [0.05, 0.1) is 0 Å². The van der Waals surface area contributed by atoms with Crippen LogP contribution in [0.3, 0.4) is 0 Å². The quantitative estimate of drug-likeness (QED) is 0.813. The zero-order valence-electron chi connectivity index (χ0n) is 9.54. The van der Waals surface area contributed by atoms with Gasteiger partial charge in [0.1, 0.15) is 6.29 Å². The molecular formula is C15H15NO. The van der Waals surface area contributed by atoms with Gasteiger partial charge in [0.25, 0.3) is 0 Å². The Morgan fingerprint density at radius 1 is 1.00 bits per heavy atom. The molecule has 0 aliphatic rings. The zero-order chi connectivity index (χ0) is 12.1. The average Bonchev–Trinajstić information content (AvgIpc) is 2.40. The molecular weight excluding hydrogens is 210 g/mol. The fraction of sp³-hybridized carbons (Fsp3) is 0.133. The Hall–Kier alpha value is -1.93. The summed E-state index contributed by atoms with van der Waals surface area (Å²) in [5.74, 6) is 0. The number of hydrogen-bond acceptors (Lipinski definition) is 2. The fourth-order valence-corrected chi connectivity index (χ4v) is 1.82. The van der Waals surface area contributed by atoms with E-state index in [1.54, 1.807) is 0 Å².